The number of ether oxygens (including phenoxy) is 1. The van der Waals surface area contributed by atoms with E-state index in [4.69, 9.17) is 4.74 Å². The van der Waals surface area contributed by atoms with Crippen molar-refractivity contribution in [3.05, 3.63) is 36.2 Å². The Morgan fingerprint density at radius 2 is 2.21 bits per heavy atom. The lowest BCUT2D eigenvalue weighted by molar-refractivity contribution is -0.132. The van der Waals surface area contributed by atoms with Crippen molar-refractivity contribution in [3.63, 3.8) is 0 Å². The molecule has 2 aromatic rings. The van der Waals surface area contributed by atoms with Crippen LogP contribution in [0.15, 0.2) is 30.3 Å². The first-order valence-electron chi connectivity index (χ1n) is 8.52. The van der Waals surface area contributed by atoms with E-state index < -0.39 is 0 Å². The van der Waals surface area contributed by atoms with Crippen LogP contribution in [0.25, 0.3) is 11.4 Å². The molecule has 1 aromatic carbocycles. The summed E-state index contributed by atoms with van der Waals surface area (Å²) in [6, 6.07) is 9.93. The van der Waals surface area contributed by atoms with Crippen LogP contribution in [0.1, 0.15) is 37.4 Å². The molecule has 6 nitrogen and oxygen atoms in total. The number of carbonyl (C=O) groups excluding carboxylic acids is 1. The molecule has 1 aliphatic rings. The average molecular weight is 328 g/mol. The normalized spacial score (nSPS) is 17.9. The molecule has 0 saturated carbocycles. The van der Waals surface area contributed by atoms with Gasteiger partial charge in [0.25, 0.3) is 0 Å². The fourth-order valence-electron chi connectivity index (χ4n) is 3.13. The summed E-state index contributed by atoms with van der Waals surface area (Å²) in [4.78, 5) is 18.9. The van der Waals surface area contributed by atoms with Gasteiger partial charge in [0.05, 0.1) is 0 Å². The number of piperidine rings is 1. The van der Waals surface area contributed by atoms with Crippen molar-refractivity contribution in [2.45, 2.75) is 31.6 Å². The molecule has 0 spiro atoms. The first-order valence-corrected chi connectivity index (χ1v) is 8.52. The van der Waals surface area contributed by atoms with Crippen LogP contribution in [0, 0.1) is 0 Å². The lowest BCUT2D eigenvalue weighted by Crippen LogP contribution is -2.39. The summed E-state index contributed by atoms with van der Waals surface area (Å²) < 4.78 is 5.02. The zero-order valence-electron chi connectivity index (χ0n) is 14.1. The highest BCUT2D eigenvalue weighted by molar-refractivity contribution is 5.76. The smallest absolute Gasteiger partial charge is 0.222 e. The number of hydrogen-bond acceptors (Lipinski definition) is 4. The summed E-state index contributed by atoms with van der Waals surface area (Å²) in [5.41, 5.74) is 1.00. The molecule has 0 bridgehead atoms. The molecule has 1 saturated heterocycles. The molecule has 1 N–H and O–H groups in total. The van der Waals surface area contributed by atoms with Crippen molar-refractivity contribution in [2.75, 3.05) is 26.8 Å². The Morgan fingerprint density at radius 1 is 1.38 bits per heavy atom. The Kier molecular flexibility index (Phi) is 5.59. The molecule has 128 valence electrons. The Labute approximate surface area is 142 Å². The van der Waals surface area contributed by atoms with Crippen LogP contribution < -0.4 is 0 Å². The molecule has 0 aliphatic carbocycles. The minimum Gasteiger partial charge on any atom is -0.385 e. The number of nitrogens with zero attached hydrogens (tertiary/aromatic N) is 3. The highest BCUT2D eigenvalue weighted by Gasteiger charge is 2.26. The van der Waals surface area contributed by atoms with E-state index in [-0.39, 0.29) is 11.8 Å². The second-order valence-corrected chi connectivity index (χ2v) is 6.19. The molecule has 6 heteroatoms. The zero-order valence-corrected chi connectivity index (χ0v) is 14.1. The van der Waals surface area contributed by atoms with Crippen molar-refractivity contribution < 1.29 is 9.53 Å². The van der Waals surface area contributed by atoms with Crippen LogP contribution in [0.3, 0.4) is 0 Å². The van der Waals surface area contributed by atoms with E-state index in [1.54, 1.807) is 7.11 Å². The van der Waals surface area contributed by atoms with Gasteiger partial charge < -0.3 is 9.64 Å². The standard InChI is InChI=1S/C18H24N4O2/c1-24-12-6-10-16(23)22-11-5-9-15(13-22)18-19-17(20-21-18)14-7-3-2-4-8-14/h2-4,7-8,15H,5-6,9-13H2,1H3,(H,19,20,21)/t15-/m0/s1. The van der Waals surface area contributed by atoms with Crippen molar-refractivity contribution in [3.8, 4) is 11.4 Å². The van der Waals surface area contributed by atoms with Crippen molar-refractivity contribution >= 4 is 5.91 Å². The Morgan fingerprint density at radius 3 is 3.00 bits per heavy atom. The lowest BCUT2D eigenvalue weighted by atomic mass is 9.97. The van der Waals surface area contributed by atoms with E-state index in [0.717, 1.165) is 43.7 Å². The Hall–Kier alpha value is -2.21. The fraction of sp³-hybridized carbons (Fsp3) is 0.500. The molecular weight excluding hydrogens is 304 g/mol. The summed E-state index contributed by atoms with van der Waals surface area (Å²) >= 11 is 0. The summed E-state index contributed by atoms with van der Waals surface area (Å²) in [6.45, 7) is 2.18. The van der Waals surface area contributed by atoms with E-state index in [9.17, 15) is 4.79 Å². The number of carbonyl (C=O) groups is 1. The first-order chi connectivity index (χ1) is 11.8. The van der Waals surface area contributed by atoms with Gasteiger partial charge in [-0.15, -0.1) is 0 Å². The SMILES string of the molecule is COCCCC(=O)N1CCC[C@H](c2nc(-c3ccccc3)n[nH]2)C1. The third-order valence-corrected chi connectivity index (χ3v) is 4.43. The van der Waals surface area contributed by atoms with Crippen molar-refractivity contribution in [1.82, 2.24) is 20.1 Å². The molecule has 0 radical (unpaired) electrons. The largest absolute Gasteiger partial charge is 0.385 e. The van der Waals surface area contributed by atoms with Crippen LogP contribution in [0.5, 0.6) is 0 Å². The van der Waals surface area contributed by atoms with E-state index >= 15 is 0 Å². The maximum atomic E-state index is 12.3. The molecule has 1 aliphatic heterocycles. The van der Waals surface area contributed by atoms with Gasteiger partial charge in [-0.25, -0.2) is 4.98 Å². The van der Waals surface area contributed by atoms with Gasteiger partial charge in [-0.05, 0) is 19.3 Å². The predicted molar refractivity (Wildman–Crippen MR) is 91.5 cm³/mol. The minimum atomic E-state index is 0.208. The number of aromatic nitrogens is 3. The minimum absolute atomic E-state index is 0.208. The predicted octanol–water partition coefficient (Wildman–Crippen LogP) is 2.60. The second kappa shape index (κ2) is 8.06. The molecule has 2 heterocycles. The fourth-order valence-corrected chi connectivity index (χ4v) is 3.13. The first kappa shape index (κ1) is 16.6. The van der Waals surface area contributed by atoms with Gasteiger partial charge in [0.2, 0.25) is 5.91 Å². The number of methoxy groups -OCH3 is 1. The van der Waals surface area contributed by atoms with E-state index in [2.05, 4.69) is 15.2 Å². The van der Waals surface area contributed by atoms with Gasteiger partial charge in [-0.3, -0.25) is 9.89 Å². The lowest BCUT2D eigenvalue weighted by Gasteiger charge is -2.31. The molecule has 24 heavy (non-hydrogen) atoms. The monoisotopic (exact) mass is 328 g/mol. The molecular formula is C18H24N4O2. The number of likely N-dealkylation sites (tertiary alicyclic amines) is 1. The third-order valence-electron chi connectivity index (χ3n) is 4.43. The van der Waals surface area contributed by atoms with Gasteiger partial charge in [-0.2, -0.15) is 5.10 Å². The van der Waals surface area contributed by atoms with E-state index in [1.165, 1.54) is 0 Å². The number of nitrogens with one attached hydrogen (secondary N) is 1. The molecule has 1 amide bonds. The summed E-state index contributed by atoms with van der Waals surface area (Å²) in [5, 5.41) is 7.40. The number of rotatable bonds is 6. The Bertz CT molecular complexity index is 656. The van der Waals surface area contributed by atoms with Crippen LogP contribution in [0.2, 0.25) is 0 Å². The zero-order chi connectivity index (χ0) is 16.8. The number of amides is 1. The number of benzene rings is 1. The van der Waals surface area contributed by atoms with Crippen LogP contribution in [0.4, 0.5) is 0 Å². The van der Waals surface area contributed by atoms with Gasteiger partial charge in [0, 0.05) is 44.7 Å². The summed E-state index contributed by atoms with van der Waals surface area (Å²) in [6.07, 6.45) is 3.36. The Balaban J connectivity index is 1.63. The van der Waals surface area contributed by atoms with Gasteiger partial charge in [0.15, 0.2) is 5.82 Å². The summed E-state index contributed by atoms with van der Waals surface area (Å²) in [7, 11) is 1.66. The molecule has 1 fully saturated rings. The molecule has 1 aromatic heterocycles. The highest BCUT2D eigenvalue weighted by Crippen LogP contribution is 2.26. The highest BCUT2D eigenvalue weighted by atomic mass is 16.5. The summed E-state index contributed by atoms with van der Waals surface area (Å²) in [5.74, 6) is 2.03. The third kappa shape index (κ3) is 4.00. The maximum Gasteiger partial charge on any atom is 0.222 e. The van der Waals surface area contributed by atoms with Crippen LogP contribution in [-0.2, 0) is 9.53 Å². The van der Waals surface area contributed by atoms with Gasteiger partial charge in [-0.1, -0.05) is 30.3 Å². The average Bonchev–Trinajstić information content (AvgIpc) is 3.13. The molecule has 0 unspecified atom stereocenters. The number of aromatic amines is 1. The van der Waals surface area contributed by atoms with Gasteiger partial charge >= 0.3 is 0 Å². The second-order valence-electron chi connectivity index (χ2n) is 6.19. The quantitative estimate of drug-likeness (QED) is 0.828. The number of hydrogen-bond donors (Lipinski definition) is 1. The van der Waals surface area contributed by atoms with Crippen molar-refractivity contribution in [1.29, 1.82) is 0 Å². The maximum absolute atomic E-state index is 12.3. The van der Waals surface area contributed by atoms with E-state index in [0.29, 0.717) is 18.9 Å². The molecule has 3 rings (SSSR count). The number of H-pyrrole nitrogens is 1. The van der Waals surface area contributed by atoms with E-state index in [1.807, 2.05) is 35.2 Å². The topological polar surface area (TPSA) is 71.1 Å². The van der Waals surface area contributed by atoms with Crippen LogP contribution >= 0.6 is 0 Å². The van der Waals surface area contributed by atoms with Gasteiger partial charge in [0.1, 0.15) is 5.82 Å². The molecule has 1 atom stereocenters. The van der Waals surface area contributed by atoms with Crippen molar-refractivity contribution in [2.24, 2.45) is 0 Å². The van der Waals surface area contributed by atoms with Crippen LogP contribution in [-0.4, -0.2) is 52.8 Å².